The third kappa shape index (κ3) is 2.07. The fourth-order valence-corrected chi connectivity index (χ4v) is 3.05. The van der Waals surface area contributed by atoms with E-state index in [9.17, 15) is 4.79 Å². The summed E-state index contributed by atoms with van der Waals surface area (Å²) in [5.41, 5.74) is 1.75. The van der Waals surface area contributed by atoms with Crippen LogP contribution in [0.4, 0.5) is 0 Å². The third-order valence-electron chi connectivity index (χ3n) is 4.30. The summed E-state index contributed by atoms with van der Waals surface area (Å²) in [6.07, 6.45) is 6.94. The second-order valence-electron chi connectivity index (χ2n) is 5.66. The van der Waals surface area contributed by atoms with Crippen LogP contribution in [0, 0.1) is 12.8 Å². The fraction of sp³-hybridized carbons (Fsp3) is 0.600. The smallest absolute Gasteiger partial charge is 0.184 e. The Labute approximate surface area is 108 Å². The molecule has 1 unspecified atom stereocenters. The number of carbonyl (C=O) groups is 1. The molecule has 0 N–H and O–H groups in total. The van der Waals surface area contributed by atoms with Crippen LogP contribution in [0.25, 0.3) is 0 Å². The predicted octanol–water partition coefficient (Wildman–Crippen LogP) is 2.92. The van der Waals surface area contributed by atoms with E-state index in [0.717, 1.165) is 37.9 Å². The van der Waals surface area contributed by atoms with Crippen LogP contribution < -0.4 is 0 Å². The second-order valence-corrected chi connectivity index (χ2v) is 5.66. The lowest BCUT2D eigenvalue weighted by Crippen LogP contribution is -2.47. The number of aromatic nitrogens is 1. The van der Waals surface area contributed by atoms with E-state index >= 15 is 0 Å². The van der Waals surface area contributed by atoms with Gasteiger partial charge in [-0.1, -0.05) is 0 Å². The van der Waals surface area contributed by atoms with Gasteiger partial charge in [0, 0.05) is 18.7 Å². The topological polar surface area (TPSA) is 39.2 Å². The van der Waals surface area contributed by atoms with Gasteiger partial charge in [0.25, 0.3) is 0 Å². The van der Waals surface area contributed by atoms with Crippen LogP contribution in [0.1, 0.15) is 48.2 Å². The lowest BCUT2D eigenvalue weighted by molar-refractivity contribution is -0.137. The molecule has 1 spiro atoms. The van der Waals surface area contributed by atoms with Crippen LogP contribution in [0.2, 0.25) is 0 Å². The molecule has 1 aromatic rings. The van der Waals surface area contributed by atoms with Gasteiger partial charge in [-0.2, -0.15) is 0 Å². The highest BCUT2D eigenvalue weighted by Crippen LogP contribution is 2.44. The summed E-state index contributed by atoms with van der Waals surface area (Å²) in [6, 6.07) is 3.82. The van der Waals surface area contributed by atoms with Gasteiger partial charge in [0.05, 0.1) is 5.60 Å². The van der Waals surface area contributed by atoms with E-state index in [0.29, 0.717) is 5.69 Å². The Hall–Kier alpha value is -1.22. The average molecular weight is 245 g/mol. The summed E-state index contributed by atoms with van der Waals surface area (Å²) in [5, 5.41) is 0. The van der Waals surface area contributed by atoms with Gasteiger partial charge >= 0.3 is 0 Å². The van der Waals surface area contributed by atoms with Crippen molar-refractivity contribution in [2.75, 3.05) is 6.61 Å². The summed E-state index contributed by atoms with van der Waals surface area (Å²) in [6.45, 7) is 2.72. The van der Waals surface area contributed by atoms with Gasteiger partial charge in [0.2, 0.25) is 0 Å². The number of ether oxygens (including phenoxy) is 1. The van der Waals surface area contributed by atoms with Crippen molar-refractivity contribution in [3.63, 3.8) is 0 Å². The Morgan fingerprint density at radius 3 is 3.00 bits per heavy atom. The minimum atomic E-state index is 0.0302. The Kier molecular flexibility index (Phi) is 2.94. The second kappa shape index (κ2) is 4.47. The Morgan fingerprint density at radius 1 is 1.50 bits per heavy atom. The van der Waals surface area contributed by atoms with Crippen molar-refractivity contribution >= 4 is 5.78 Å². The number of hydrogen-bond acceptors (Lipinski definition) is 3. The molecule has 0 amide bonds. The first-order valence-corrected chi connectivity index (χ1v) is 6.79. The molecule has 1 aliphatic heterocycles. The quantitative estimate of drug-likeness (QED) is 0.752. The van der Waals surface area contributed by atoms with Gasteiger partial charge in [0.1, 0.15) is 5.69 Å². The summed E-state index contributed by atoms with van der Waals surface area (Å²) in [4.78, 5) is 16.7. The maximum absolute atomic E-state index is 12.5. The zero-order chi connectivity index (χ0) is 12.6. The third-order valence-corrected chi connectivity index (χ3v) is 4.30. The molecule has 1 saturated heterocycles. The molecule has 1 aliphatic carbocycles. The standard InChI is InChI=1S/C15H19NO2/c1-11-3-7-16-13(9-11)14(17)12-4-8-18-15(10-12)5-2-6-15/h3,7,9,12H,2,4-6,8,10H2,1H3. The lowest BCUT2D eigenvalue weighted by Gasteiger charge is -2.46. The molecule has 96 valence electrons. The number of Topliss-reactive ketones (excluding diaryl/α,β-unsaturated/α-hetero) is 1. The van der Waals surface area contributed by atoms with E-state index in [1.54, 1.807) is 6.20 Å². The van der Waals surface area contributed by atoms with Crippen molar-refractivity contribution in [3.05, 3.63) is 29.6 Å². The van der Waals surface area contributed by atoms with Crippen molar-refractivity contribution in [1.29, 1.82) is 0 Å². The molecular formula is C15H19NO2. The minimum Gasteiger partial charge on any atom is -0.375 e. The minimum absolute atomic E-state index is 0.0302. The molecule has 3 rings (SSSR count). The van der Waals surface area contributed by atoms with Crippen LogP contribution in [0.5, 0.6) is 0 Å². The molecule has 2 heterocycles. The number of hydrogen-bond donors (Lipinski definition) is 0. The number of carbonyl (C=O) groups excluding carboxylic acids is 1. The number of pyridine rings is 1. The maximum atomic E-state index is 12.5. The predicted molar refractivity (Wildman–Crippen MR) is 68.6 cm³/mol. The van der Waals surface area contributed by atoms with Gasteiger partial charge in [-0.15, -0.1) is 0 Å². The van der Waals surface area contributed by atoms with Crippen LogP contribution >= 0.6 is 0 Å². The molecule has 3 nitrogen and oxygen atoms in total. The zero-order valence-corrected chi connectivity index (χ0v) is 10.8. The largest absolute Gasteiger partial charge is 0.375 e. The van der Waals surface area contributed by atoms with Crippen molar-refractivity contribution in [2.24, 2.45) is 5.92 Å². The highest BCUT2D eigenvalue weighted by atomic mass is 16.5. The molecule has 18 heavy (non-hydrogen) atoms. The van der Waals surface area contributed by atoms with Crippen LogP contribution in [0.15, 0.2) is 18.3 Å². The van der Waals surface area contributed by atoms with Crippen molar-refractivity contribution in [3.8, 4) is 0 Å². The van der Waals surface area contributed by atoms with Crippen molar-refractivity contribution in [1.82, 2.24) is 4.98 Å². The molecular weight excluding hydrogens is 226 g/mol. The molecule has 0 radical (unpaired) electrons. The molecule has 3 heteroatoms. The zero-order valence-electron chi connectivity index (χ0n) is 10.8. The molecule has 1 aromatic heterocycles. The van der Waals surface area contributed by atoms with Crippen LogP contribution in [-0.2, 0) is 4.74 Å². The van der Waals surface area contributed by atoms with Crippen LogP contribution in [-0.4, -0.2) is 23.0 Å². The summed E-state index contributed by atoms with van der Waals surface area (Å²) in [7, 11) is 0. The monoisotopic (exact) mass is 245 g/mol. The molecule has 1 saturated carbocycles. The first-order valence-electron chi connectivity index (χ1n) is 6.79. The van der Waals surface area contributed by atoms with Gasteiger partial charge in [-0.05, 0) is 56.7 Å². The number of ketones is 1. The van der Waals surface area contributed by atoms with Crippen molar-refractivity contribution < 1.29 is 9.53 Å². The molecule has 0 aromatic carbocycles. The SMILES string of the molecule is Cc1ccnc(C(=O)C2CCOC3(CCC3)C2)c1. The van der Waals surface area contributed by atoms with Gasteiger partial charge in [-0.3, -0.25) is 9.78 Å². The normalized spacial score (nSPS) is 25.7. The van der Waals surface area contributed by atoms with Gasteiger partial charge in [0.15, 0.2) is 5.78 Å². The fourth-order valence-electron chi connectivity index (χ4n) is 3.05. The highest BCUT2D eigenvalue weighted by Gasteiger charge is 2.44. The van der Waals surface area contributed by atoms with E-state index in [1.807, 2.05) is 19.1 Å². The van der Waals surface area contributed by atoms with Crippen molar-refractivity contribution in [2.45, 2.75) is 44.6 Å². The molecule has 1 atom stereocenters. The Morgan fingerprint density at radius 2 is 2.33 bits per heavy atom. The Balaban J connectivity index is 1.76. The molecule has 2 fully saturated rings. The van der Waals surface area contributed by atoms with Gasteiger partial charge in [-0.25, -0.2) is 0 Å². The number of nitrogens with zero attached hydrogens (tertiary/aromatic N) is 1. The molecule has 0 bridgehead atoms. The number of aryl methyl sites for hydroxylation is 1. The number of rotatable bonds is 2. The van der Waals surface area contributed by atoms with Gasteiger partial charge < -0.3 is 4.74 Å². The van der Waals surface area contributed by atoms with E-state index < -0.39 is 0 Å². The summed E-state index contributed by atoms with van der Waals surface area (Å²) >= 11 is 0. The Bertz CT molecular complexity index is 465. The first kappa shape index (κ1) is 11.8. The van der Waals surface area contributed by atoms with E-state index in [-0.39, 0.29) is 17.3 Å². The highest BCUT2D eigenvalue weighted by molar-refractivity contribution is 5.96. The average Bonchev–Trinajstić information content (AvgIpc) is 2.36. The van der Waals surface area contributed by atoms with E-state index in [4.69, 9.17) is 4.74 Å². The summed E-state index contributed by atoms with van der Waals surface area (Å²) < 4.78 is 5.87. The maximum Gasteiger partial charge on any atom is 0.184 e. The van der Waals surface area contributed by atoms with Crippen LogP contribution in [0.3, 0.4) is 0 Å². The first-order chi connectivity index (χ1) is 8.69. The van der Waals surface area contributed by atoms with E-state index in [1.165, 1.54) is 6.42 Å². The lowest BCUT2D eigenvalue weighted by atomic mass is 9.71. The summed E-state index contributed by atoms with van der Waals surface area (Å²) in [5.74, 6) is 0.307. The molecule has 2 aliphatic rings. The van der Waals surface area contributed by atoms with E-state index in [2.05, 4.69) is 4.98 Å².